The summed E-state index contributed by atoms with van der Waals surface area (Å²) in [7, 11) is 0. The summed E-state index contributed by atoms with van der Waals surface area (Å²) in [5.41, 5.74) is -1.40. The smallest absolute Gasteiger partial charge is 0.422 e. The molecule has 1 nitrogen and oxygen atoms in total. The van der Waals surface area contributed by atoms with Gasteiger partial charge in [0.25, 0.3) is 0 Å². The molecule has 0 unspecified atom stereocenters. The first-order chi connectivity index (χ1) is 13.8. The fourth-order valence-corrected chi connectivity index (χ4v) is 5.70. The van der Waals surface area contributed by atoms with E-state index in [-0.39, 0.29) is 11.5 Å². The third kappa shape index (κ3) is 5.46. The molecule has 2 aliphatic rings. The van der Waals surface area contributed by atoms with Gasteiger partial charge in [-0.15, -0.1) is 0 Å². The maximum Gasteiger partial charge on any atom is 0.422 e. The average molecular weight is 415 g/mol. The monoisotopic (exact) mass is 414 g/mol. The number of benzene rings is 1. The molecule has 1 aromatic rings. The lowest BCUT2D eigenvalue weighted by molar-refractivity contribution is -0.141. The van der Waals surface area contributed by atoms with E-state index in [2.05, 4.69) is 6.92 Å². The Labute approximate surface area is 171 Å². The van der Waals surface area contributed by atoms with Gasteiger partial charge in [0.1, 0.15) is 17.1 Å². The Morgan fingerprint density at radius 3 is 2.03 bits per heavy atom. The summed E-state index contributed by atoms with van der Waals surface area (Å²) in [6, 6.07) is 2.33. The molecule has 0 aromatic heterocycles. The molecule has 164 valence electrons. The van der Waals surface area contributed by atoms with Crippen molar-refractivity contribution in [1.29, 1.82) is 0 Å². The van der Waals surface area contributed by atoms with Gasteiger partial charge in [-0.05, 0) is 73.8 Å². The number of phenolic OH excluding ortho intramolecular Hbond substituents is 1. The lowest BCUT2D eigenvalue weighted by Gasteiger charge is -2.38. The number of rotatable bonds is 6. The molecular formula is C24H34F4O. The molecule has 0 radical (unpaired) electrons. The summed E-state index contributed by atoms with van der Waals surface area (Å²) in [4.78, 5) is 0. The van der Waals surface area contributed by atoms with Crippen LogP contribution in [0.5, 0.6) is 5.75 Å². The zero-order chi connectivity index (χ0) is 21.0. The van der Waals surface area contributed by atoms with Crippen LogP contribution in [0.4, 0.5) is 17.6 Å². The van der Waals surface area contributed by atoms with Crippen molar-refractivity contribution in [2.45, 2.75) is 96.1 Å². The summed E-state index contributed by atoms with van der Waals surface area (Å²) < 4.78 is 53.8. The van der Waals surface area contributed by atoms with Crippen molar-refractivity contribution in [3.8, 4) is 5.75 Å². The van der Waals surface area contributed by atoms with E-state index < -0.39 is 23.3 Å². The molecule has 2 aliphatic carbocycles. The van der Waals surface area contributed by atoms with Gasteiger partial charge in [-0.25, -0.2) is 4.39 Å². The van der Waals surface area contributed by atoms with E-state index in [0.29, 0.717) is 5.92 Å². The van der Waals surface area contributed by atoms with Crippen molar-refractivity contribution in [2.24, 2.45) is 17.8 Å². The minimum absolute atomic E-state index is 0.119. The minimum atomic E-state index is -4.88. The van der Waals surface area contributed by atoms with Crippen molar-refractivity contribution >= 4 is 0 Å². The molecule has 0 bridgehead atoms. The third-order valence-corrected chi connectivity index (χ3v) is 7.42. The third-order valence-electron chi connectivity index (χ3n) is 7.42. The molecule has 0 spiro atoms. The van der Waals surface area contributed by atoms with Crippen LogP contribution < -0.4 is 0 Å². The molecule has 0 atom stereocenters. The Balaban J connectivity index is 1.54. The highest BCUT2D eigenvalue weighted by atomic mass is 19.4. The SMILES string of the molecule is CCCCCC1CCC(C2CCC(c3ccc(O)c(C(F)(F)F)c3F)CC2)CC1. The van der Waals surface area contributed by atoms with Crippen molar-refractivity contribution < 1.29 is 22.7 Å². The molecular weight excluding hydrogens is 380 g/mol. The van der Waals surface area contributed by atoms with Gasteiger partial charge in [-0.1, -0.05) is 51.5 Å². The summed E-state index contributed by atoms with van der Waals surface area (Å²) in [6.07, 6.45) is 9.01. The average Bonchev–Trinajstić information content (AvgIpc) is 2.68. The molecule has 1 N–H and O–H groups in total. The number of hydrogen-bond acceptors (Lipinski definition) is 1. The molecule has 0 heterocycles. The fraction of sp³-hybridized carbons (Fsp3) is 0.750. The molecule has 0 saturated heterocycles. The van der Waals surface area contributed by atoms with Crippen LogP contribution in [0.25, 0.3) is 0 Å². The van der Waals surface area contributed by atoms with E-state index in [1.54, 1.807) is 0 Å². The van der Waals surface area contributed by atoms with E-state index >= 15 is 0 Å². The van der Waals surface area contributed by atoms with Crippen molar-refractivity contribution in [1.82, 2.24) is 0 Å². The summed E-state index contributed by atoms with van der Waals surface area (Å²) >= 11 is 0. The summed E-state index contributed by atoms with van der Waals surface area (Å²) in [6.45, 7) is 2.24. The quantitative estimate of drug-likeness (QED) is 0.367. The number of aromatic hydroxyl groups is 1. The summed E-state index contributed by atoms with van der Waals surface area (Å²) in [5, 5.41) is 9.49. The Kier molecular flexibility index (Phi) is 7.50. The number of unbranched alkanes of at least 4 members (excludes halogenated alkanes) is 2. The lowest BCUT2D eigenvalue weighted by atomic mass is 9.68. The zero-order valence-electron chi connectivity index (χ0n) is 17.4. The van der Waals surface area contributed by atoms with Crippen molar-refractivity contribution in [3.63, 3.8) is 0 Å². The van der Waals surface area contributed by atoms with Gasteiger partial charge < -0.3 is 5.11 Å². The Morgan fingerprint density at radius 1 is 0.897 bits per heavy atom. The first-order valence-electron chi connectivity index (χ1n) is 11.4. The van der Waals surface area contributed by atoms with Crippen LogP contribution in [-0.4, -0.2) is 5.11 Å². The Bertz CT molecular complexity index is 654. The highest BCUT2D eigenvalue weighted by Gasteiger charge is 2.40. The maximum absolute atomic E-state index is 14.6. The second-order valence-electron chi connectivity index (χ2n) is 9.25. The highest BCUT2D eigenvalue weighted by Crippen LogP contribution is 2.47. The molecule has 2 fully saturated rings. The predicted molar refractivity (Wildman–Crippen MR) is 107 cm³/mol. The summed E-state index contributed by atoms with van der Waals surface area (Å²) in [5.74, 6) is -0.255. The van der Waals surface area contributed by atoms with Crippen LogP contribution >= 0.6 is 0 Å². The van der Waals surface area contributed by atoms with Crippen LogP contribution in [0.2, 0.25) is 0 Å². The van der Waals surface area contributed by atoms with Crippen LogP contribution in [0.15, 0.2) is 12.1 Å². The first kappa shape index (κ1) is 22.4. The fourth-order valence-electron chi connectivity index (χ4n) is 5.70. The van der Waals surface area contributed by atoms with Crippen molar-refractivity contribution in [2.75, 3.05) is 0 Å². The van der Waals surface area contributed by atoms with E-state index in [1.165, 1.54) is 57.4 Å². The maximum atomic E-state index is 14.6. The van der Waals surface area contributed by atoms with E-state index in [1.807, 2.05) is 0 Å². The standard InChI is InChI=1S/C24H34F4O/c1-2-3-4-5-16-6-8-17(9-7-16)18-10-12-19(13-11-18)20-14-15-21(29)22(23(20)25)24(26,27)28/h14-19,29H,2-13H2,1H3. The molecule has 0 aliphatic heterocycles. The topological polar surface area (TPSA) is 20.2 Å². The molecule has 29 heavy (non-hydrogen) atoms. The van der Waals surface area contributed by atoms with E-state index in [4.69, 9.17) is 0 Å². The molecule has 0 amide bonds. The molecule has 5 heteroatoms. The highest BCUT2D eigenvalue weighted by molar-refractivity contribution is 5.41. The molecule has 3 rings (SSSR count). The Hall–Kier alpha value is -1.26. The van der Waals surface area contributed by atoms with Crippen LogP contribution in [-0.2, 0) is 6.18 Å². The van der Waals surface area contributed by atoms with Gasteiger partial charge in [0, 0.05) is 0 Å². The van der Waals surface area contributed by atoms with Crippen LogP contribution in [0.3, 0.4) is 0 Å². The van der Waals surface area contributed by atoms with Gasteiger partial charge in [-0.3, -0.25) is 0 Å². The minimum Gasteiger partial charge on any atom is -0.507 e. The molecule has 2 saturated carbocycles. The number of halogens is 4. The number of alkyl halides is 3. The van der Waals surface area contributed by atoms with E-state index in [0.717, 1.165) is 43.6 Å². The second-order valence-corrected chi connectivity index (χ2v) is 9.25. The largest absolute Gasteiger partial charge is 0.507 e. The normalized spacial score (nSPS) is 28.4. The number of hydrogen-bond donors (Lipinski definition) is 1. The van der Waals surface area contributed by atoms with Gasteiger partial charge in [0.2, 0.25) is 0 Å². The van der Waals surface area contributed by atoms with Crippen LogP contribution in [0.1, 0.15) is 101 Å². The van der Waals surface area contributed by atoms with Gasteiger partial charge in [0.05, 0.1) is 0 Å². The van der Waals surface area contributed by atoms with Gasteiger partial charge in [0.15, 0.2) is 0 Å². The zero-order valence-corrected chi connectivity index (χ0v) is 17.4. The Morgan fingerprint density at radius 2 is 1.48 bits per heavy atom. The lowest BCUT2D eigenvalue weighted by Crippen LogP contribution is -2.26. The van der Waals surface area contributed by atoms with Gasteiger partial charge >= 0.3 is 6.18 Å². The molecule has 1 aromatic carbocycles. The van der Waals surface area contributed by atoms with E-state index in [9.17, 15) is 22.7 Å². The predicted octanol–water partition coefficient (Wildman–Crippen LogP) is 8.21. The van der Waals surface area contributed by atoms with Gasteiger partial charge in [-0.2, -0.15) is 13.2 Å². The second kappa shape index (κ2) is 9.70. The first-order valence-corrected chi connectivity index (χ1v) is 11.4. The number of phenols is 1. The van der Waals surface area contributed by atoms with Crippen LogP contribution in [0, 0.1) is 23.6 Å². The van der Waals surface area contributed by atoms with Crippen molar-refractivity contribution in [3.05, 3.63) is 29.1 Å².